The van der Waals surface area contributed by atoms with Gasteiger partial charge in [-0.1, -0.05) is 73.5 Å². The molecule has 1 spiro atoms. The number of esters is 2. The van der Waals surface area contributed by atoms with Gasteiger partial charge in [-0.2, -0.15) is 0 Å². The number of fused-ring (bicyclic) bond motifs is 3. The number of aliphatic hydroxyl groups is 2. The van der Waals surface area contributed by atoms with E-state index in [4.69, 9.17) is 14.5 Å². The SMILES string of the molecule is CCC1(/C=C2\OC(=O)C3=C2CC[C@H]2[C@@H]4CC[C@@]5(C6=C4[C@@H](CN4C(=O)C=CC4=O)c4ccnc(c4)NCSS[C@@H](NC[C@H](O)C4CCCCC4)[C@H](C4CCC(CCCO)CC4)C/C=C\5OC6=O)[C@@H]32)CCCC1. The number of carbonyl (C=O) groups excluding carboxylic acids is 4. The number of ether oxygens (including phenoxy) is 2. The molecule has 1 aromatic heterocycles. The number of aromatic nitrogens is 1. The second kappa shape index (κ2) is 20.9. The zero-order valence-electron chi connectivity index (χ0n) is 41.5. The van der Waals surface area contributed by atoms with Crippen molar-refractivity contribution in [2.75, 3.05) is 30.9 Å². The predicted octanol–water partition coefficient (Wildman–Crippen LogP) is 10.2. The Balaban J connectivity index is 1.06. The topological polar surface area (TPSA) is 167 Å². The zero-order valence-corrected chi connectivity index (χ0v) is 43.2. The summed E-state index contributed by atoms with van der Waals surface area (Å²) in [6.45, 7) is 3.04. The number of cyclic esters (lactones) is 1. The van der Waals surface area contributed by atoms with Crippen LogP contribution < -0.4 is 10.6 Å². The third-order valence-electron chi connectivity index (χ3n) is 19.4. The Hall–Kier alpha value is -3.69. The molecule has 12 rings (SSSR count). The quantitative estimate of drug-likeness (QED) is 0.0888. The fourth-order valence-corrected chi connectivity index (χ4v) is 18.2. The molecule has 11 aliphatic rings. The fourth-order valence-electron chi connectivity index (χ4n) is 15.7. The number of hydrogen-bond donors (Lipinski definition) is 4. The van der Waals surface area contributed by atoms with Crippen LogP contribution in [0.1, 0.15) is 153 Å². The lowest BCUT2D eigenvalue weighted by atomic mass is 9.43. The van der Waals surface area contributed by atoms with Crippen molar-refractivity contribution in [3.63, 3.8) is 0 Å². The summed E-state index contributed by atoms with van der Waals surface area (Å²) in [5, 5.41) is 28.9. The molecule has 0 unspecified atom stereocenters. The van der Waals surface area contributed by atoms with Gasteiger partial charge in [0.05, 0.1) is 28.3 Å². The largest absolute Gasteiger partial charge is 0.427 e. The molecule has 7 bridgehead atoms. The molecule has 4 saturated carbocycles. The second-order valence-electron chi connectivity index (χ2n) is 22.8. The minimum absolute atomic E-state index is 0.00213. The Bertz CT molecular complexity index is 2390. The molecule has 2 amide bonds. The van der Waals surface area contributed by atoms with E-state index in [-0.39, 0.29) is 71.3 Å². The minimum atomic E-state index is -0.952. The molecule has 5 heterocycles. The lowest BCUT2D eigenvalue weighted by Gasteiger charge is -2.57. The van der Waals surface area contributed by atoms with Crippen molar-refractivity contribution in [1.29, 1.82) is 0 Å². The van der Waals surface area contributed by atoms with Crippen LogP contribution in [0.15, 0.2) is 76.4 Å². The van der Waals surface area contributed by atoms with Crippen LogP contribution in [0, 0.1) is 52.3 Å². The summed E-state index contributed by atoms with van der Waals surface area (Å²) >= 11 is 0. The van der Waals surface area contributed by atoms with Crippen LogP contribution in [-0.2, 0) is 28.7 Å². The smallest absolute Gasteiger partial charge is 0.340 e. The van der Waals surface area contributed by atoms with Crippen molar-refractivity contribution in [2.45, 2.75) is 159 Å². The van der Waals surface area contributed by atoms with E-state index in [0.717, 1.165) is 124 Å². The first kappa shape index (κ1) is 49.5. The van der Waals surface area contributed by atoms with Crippen molar-refractivity contribution < 1.29 is 38.9 Å². The van der Waals surface area contributed by atoms with Crippen molar-refractivity contribution in [1.82, 2.24) is 15.2 Å². The van der Waals surface area contributed by atoms with Gasteiger partial charge in [-0.15, -0.1) is 0 Å². The molecule has 5 fully saturated rings. The molecule has 1 saturated heterocycles. The average molecular weight is 1010 g/mol. The lowest BCUT2D eigenvalue weighted by Crippen LogP contribution is -2.53. The standard InChI is InChI=1S/C57H74N4O8S2/c1-2-56(24-6-7-25-56)30-44-41-17-16-40-39-22-26-57(51(40)50(41)54(66)68-44)45-19-18-38(35-14-12-34(13-15-35)9-8-28-62)53(59-31-43(63)36-10-4-3-5-11-36)71-70-33-60-46-29-37(23-27-58-46)42(49(39)52(57)55(67)69-45)32-61-47(64)20-21-48(61)65/h19-21,23,27,29-30,34-36,38-40,42-43,51,53,59,62-63H,2-18,22,24-26,28,31-33H2,1H3,(H,58,60)/b44-30-,45-19+/t34?,35?,38-,39-,40-,42-,43-,51+,53+,57-/m0/s1. The number of nitrogens with zero attached hydrogens (tertiary/aromatic N) is 2. The van der Waals surface area contributed by atoms with E-state index in [1.54, 1.807) is 17.0 Å². The summed E-state index contributed by atoms with van der Waals surface area (Å²) in [4.78, 5) is 63.1. The lowest BCUT2D eigenvalue weighted by molar-refractivity contribution is -0.137. The number of hydrogen-bond acceptors (Lipinski definition) is 13. The zero-order chi connectivity index (χ0) is 48.9. The van der Waals surface area contributed by atoms with E-state index < -0.39 is 23.4 Å². The van der Waals surface area contributed by atoms with Gasteiger partial charge in [0.25, 0.3) is 11.8 Å². The first-order valence-corrected chi connectivity index (χ1v) is 29.9. The summed E-state index contributed by atoms with van der Waals surface area (Å²) in [5.41, 5.74) is 3.18. The molecule has 12 nitrogen and oxygen atoms in total. The van der Waals surface area contributed by atoms with Gasteiger partial charge in [0.2, 0.25) is 0 Å². The highest BCUT2D eigenvalue weighted by Crippen LogP contribution is 2.72. The van der Waals surface area contributed by atoms with Crippen LogP contribution in [0.2, 0.25) is 0 Å². The Morgan fingerprint density at radius 3 is 2.49 bits per heavy atom. The van der Waals surface area contributed by atoms with Crippen molar-refractivity contribution in [3.05, 3.63) is 82.0 Å². The number of rotatable bonds is 12. The summed E-state index contributed by atoms with van der Waals surface area (Å²) < 4.78 is 13.2. The van der Waals surface area contributed by atoms with Crippen LogP contribution in [0.5, 0.6) is 0 Å². The monoisotopic (exact) mass is 1010 g/mol. The molecule has 7 aliphatic carbocycles. The third-order valence-corrected chi connectivity index (χ3v) is 21.9. The number of anilines is 1. The van der Waals surface area contributed by atoms with Gasteiger partial charge in [-0.25, -0.2) is 14.6 Å². The van der Waals surface area contributed by atoms with Crippen molar-refractivity contribution in [3.8, 4) is 0 Å². The van der Waals surface area contributed by atoms with Gasteiger partial charge in [-0.05, 0) is 166 Å². The summed E-state index contributed by atoms with van der Waals surface area (Å²) in [7, 11) is 3.54. The van der Waals surface area contributed by atoms with E-state index >= 15 is 4.79 Å². The fraction of sp³-hybridized carbons (Fsp3) is 0.667. The van der Waals surface area contributed by atoms with Crippen LogP contribution in [-0.4, -0.2) is 80.9 Å². The average Bonchev–Trinajstić information content (AvgIpc) is 4.16. The van der Waals surface area contributed by atoms with Gasteiger partial charge in [0.15, 0.2) is 0 Å². The number of allylic oxidation sites excluding steroid dienone is 4. The van der Waals surface area contributed by atoms with Gasteiger partial charge >= 0.3 is 11.9 Å². The molecule has 4 aliphatic heterocycles. The Labute approximate surface area is 427 Å². The molecule has 14 heteroatoms. The molecule has 8 atom stereocenters. The predicted molar refractivity (Wildman–Crippen MR) is 276 cm³/mol. The van der Waals surface area contributed by atoms with Gasteiger partial charge in [0.1, 0.15) is 17.3 Å². The van der Waals surface area contributed by atoms with E-state index in [0.29, 0.717) is 60.7 Å². The molecule has 0 aromatic carbocycles. The minimum Gasteiger partial charge on any atom is -0.427 e. The van der Waals surface area contributed by atoms with Crippen LogP contribution >= 0.6 is 21.6 Å². The Kier molecular flexibility index (Phi) is 14.6. The summed E-state index contributed by atoms with van der Waals surface area (Å²) in [6.07, 6.45) is 29.4. The van der Waals surface area contributed by atoms with Crippen LogP contribution in [0.25, 0.3) is 0 Å². The number of aliphatic hydroxyl groups excluding tert-OH is 2. The van der Waals surface area contributed by atoms with Gasteiger partial charge < -0.3 is 30.3 Å². The molecule has 382 valence electrons. The summed E-state index contributed by atoms with van der Waals surface area (Å²) in [6, 6.07) is 3.97. The van der Waals surface area contributed by atoms with E-state index in [2.05, 4.69) is 29.7 Å². The number of amides is 2. The normalized spacial score (nSPS) is 35.6. The molecule has 1 aromatic rings. The first-order chi connectivity index (χ1) is 34.6. The number of carbonyl (C=O) groups is 4. The summed E-state index contributed by atoms with van der Waals surface area (Å²) in [5.74, 6) is 1.58. The third kappa shape index (κ3) is 9.24. The highest BCUT2D eigenvalue weighted by Gasteiger charge is 2.69. The maximum absolute atomic E-state index is 15.3. The number of nitrogens with one attached hydrogen (secondary N) is 2. The highest BCUT2D eigenvalue weighted by molar-refractivity contribution is 8.76. The highest BCUT2D eigenvalue weighted by atomic mass is 33.1. The van der Waals surface area contributed by atoms with Crippen LogP contribution in [0.4, 0.5) is 5.82 Å². The van der Waals surface area contributed by atoms with Gasteiger partial charge in [-0.3, -0.25) is 14.5 Å². The Morgan fingerprint density at radius 1 is 0.944 bits per heavy atom. The molecule has 0 radical (unpaired) electrons. The molecule has 4 N–H and O–H groups in total. The van der Waals surface area contributed by atoms with Crippen LogP contribution in [0.3, 0.4) is 0 Å². The molecule has 71 heavy (non-hydrogen) atoms. The number of pyridine rings is 1. The van der Waals surface area contributed by atoms with E-state index in [9.17, 15) is 24.6 Å². The van der Waals surface area contributed by atoms with Crippen molar-refractivity contribution in [2.24, 2.45) is 52.3 Å². The maximum atomic E-state index is 15.3. The first-order valence-electron chi connectivity index (χ1n) is 27.5. The van der Waals surface area contributed by atoms with Crippen molar-refractivity contribution >= 4 is 51.2 Å². The maximum Gasteiger partial charge on any atom is 0.340 e. The second-order valence-corrected chi connectivity index (χ2v) is 25.3. The molecular formula is C57H74N4O8S2. The molecular weight excluding hydrogens is 933 g/mol. The van der Waals surface area contributed by atoms with Gasteiger partial charge in [0, 0.05) is 61.0 Å². The number of imide groups is 1. The Morgan fingerprint density at radius 2 is 1.73 bits per heavy atom. The van der Waals surface area contributed by atoms with E-state index in [1.807, 2.05) is 22.9 Å². The van der Waals surface area contributed by atoms with E-state index in [1.165, 1.54) is 36.3 Å².